The Labute approximate surface area is 112 Å². The molecule has 0 aromatic carbocycles. The van der Waals surface area contributed by atoms with Crippen molar-refractivity contribution in [2.75, 3.05) is 45.8 Å². The first-order valence-electron chi connectivity index (χ1n) is 8.09. The number of rotatable bonds is 3. The van der Waals surface area contributed by atoms with E-state index in [-0.39, 0.29) is 0 Å². The molecular formula is C15H29N3. The van der Waals surface area contributed by atoms with Crippen molar-refractivity contribution >= 4 is 0 Å². The summed E-state index contributed by atoms with van der Waals surface area (Å²) in [5, 5.41) is 3.40. The molecule has 1 saturated carbocycles. The van der Waals surface area contributed by atoms with Crippen LogP contribution in [0.25, 0.3) is 0 Å². The summed E-state index contributed by atoms with van der Waals surface area (Å²) in [7, 11) is 0. The van der Waals surface area contributed by atoms with Crippen LogP contribution in [0, 0.1) is 5.92 Å². The SMILES string of the molecule is C1CCC(CN2CCCN(C3CNC3)CC2)CC1. The van der Waals surface area contributed by atoms with Gasteiger partial charge in [0.05, 0.1) is 0 Å². The number of hydrogen-bond acceptors (Lipinski definition) is 3. The van der Waals surface area contributed by atoms with Gasteiger partial charge in [-0.25, -0.2) is 0 Å². The van der Waals surface area contributed by atoms with E-state index in [1.807, 2.05) is 0 Å². The lowest BCUT2D eigenvalue weighted by Gasteiger charge is -2.37. The average Bonchev–Trinajstić information content (AvgIpc) is 2.55. The van der Waals surface area contributed by atoms with Gasteiger partial charge in [-0.05, 0) is 38.3 Å². The zero-order chi connectivity index (χ0) is 12.2. The highest BCUT2D eigenvalue weighted by atomic mass is 15.3. The summed E-state index contributed by atoms with van der Waals surface area (Å²) in [5.41, 5.74) is 0. The van der Waals surface area contributed by atoms with Gasteiger partial charge in [0.25, 0.3) is 0 Å². The Morgan fingerprint density at radius 1 is 0.833 bits per heavy atom. The van der Waals surface area contributed by atoms with Gasteiger partial charge < -0.3 is 10.2 Å². The molecule has 0 bridgehead atoms. The van der Waals surface area contributed by atoms with E-state index in [1.54, 1.807) is 0 Å². The molecule has 3 nitrogen and oxygen atoms in total. The van der Waals surface area contributed by atoms with Crippen LogP contribution < -0.4 is 5.32 Å². The van der Waals surface area contributed by atoms with Crippen molar-refractivity contribution in [2.24, 2.45) is 5.92 Å². The molecule has 2 saturated heterocycles. The molecule has 2 heterocycles. The Hall–Kier alpha value is -0.120. The lowest BCUT2D eigenvalue weighted by Crippen LogP contribution is -2.57. The summed E-state index contributed by atoms with van der Waals surface area (Å²) in [4.78, 5) is 5.47. The van der Waals surface area contributed by atoms with Crippen LogP contribution in [0.4, 0.5) is 0 Å². The van der Waals surface area contributed by atoms with Crippen LogP contribution in [0.5, 0.6) is 0 Å². The molecule has 1 aliphatic carbocycles. The average molecular weight is 251 g/mol. The molecule has 0 spiro atoms. The monoisotopic (exact) mass is 251 g/mol. The van der Waals surface area contributed by atoms with Gasteiger partial charge in [-0.15, -0.1) is 0 Å². The van der Waals surface area contributed by atoms with Crippen LogP contribution in [0.1, 0.15) is 38.5 Å². The third-order valence-corrected chi connectivity index (χ3v) is 5.14. The van der Waals surface area contributed by atoms with Gasteiger partial charge in [-0.3, -0.25) is 4.90 Å². The van der Waals surface area contributed by atoms with Gasteiger partial charge in [-0.1, -0.05) is 19.3 Å². The van der Waals surface area contributed by atoms with Crippen molar-refractivity contribution in [2.45, 2.75) is 44.6 Å². The molecule has 0 amide bonds. The molecule has 3 fully saturated rings. The van der Waals surface area contributed by atoms with Gasteiger partial charge in [0, 0.05) is 38.8 Å². The van der Waals surface area contributed by atoms with Gasteiger partial charge in [0.15, 0.2) is 0 Å². The largest absolute Gasteiger partial charge is 0.314 e. The number of nitrogens with one attached hydrogen (secondary N) is 1. The van der Waals surface area contributed by atoms with Crippen molar-refractivity contribution in [1.29, 1.82) is 0 Å². The first kappa shape index (κ1) is 12.9. The first-order valence-corrected chi connectivity index (χ1v) is 8.09. The smallest absolute Gasteiger partial charge is 0.0345 e. The van der Waals surface area contributed by atoms with Crippen LogP contribution in [-0.2, 0) is 0 Å². The van der Waals surface area contributed by atoms with Gasteiger partial charge >= 0.3 is 0 Å². The first-order chi connectivity index (χ1) is 8.92. The Balaban J connectivity index is 1.43. The summed E-state index contributed by atoms with van der Waals surface area (Å²) in [5.74, 6) is 1.01. The summed E-state index contributed by atoms with van der Waals surface area (Å²) in [6.07, 6.45) is 8.82. The molecule has 3 heteroatoms. The predicted octanol–water partition coefficient (Wildman–Crippen LogP) is 1.55. The van der Waals surface area contributed by atoms with Crippen molar-refractivity contribution in [3.8, 4) is 0 Å². The molecule has 0 atom stereocenters. The lowest BCUT2D eigenvalue weighted by atomic mass is 9.89. The van der Waals surface area contributed by atoms with Crippen LogP contribution in [0.2, 0.25) is 0 Å². The van der Waals surface area contributed by atoms with E-state index in [9.17, 15) is 0 Å². The number of nitrogens with zero attached hydrogens (tertiary/aromatic N) is 2. The second kappa shape index (κ2) is 6.36. The fourth-order valence-electron chi connectivity index (χ4n) is 3.81. The van der Waals surface area contributed by atoms with Crippen LogP contribution in [-0.4, -0.2) is 61.7 Å². The van der Waals surface area contributed by atoms with E-state index in [1.165, 1.54) is 84.3 Å². The summed E-state index contributed by atoms with van der Waals surface area (Å²) < 4.78 is 0. The fourth-order valence-corrected chi connectivity index (χ4v) is 3.81. The lowest BCUT2D eigenvalue weighted by molar-refractivity contribution is 0.144. The predicted molar refractivity (Wildman–Crippen MR) is 75.9 cm³/mol. The molecule has 0 aromatic heterocycles. The molecule has 3 rings (SSSR count). The minimum absolute atomic E-state index is 0.847. The highest BCUT2D eigenvalue weighted by Gasteiger charge is 2.27. The Kier molecular flexibility index (Phi) is 4.55. The molecule has 2 aliphatic heterocycles. The zero-order valence-electron chi connectivity index (χ0n) is 11.7. The third-order valence-electron chi connectivity index (χ3n) is 5.14. The van der Waals surface area contributed by atoms with E-state index in [4.69, 9.17) is 0 Å². The molecular weight excluding hydrogens is 222 g/mol. The van der Waals surface area contributed by atoms with Gasteiger partial charge in [0.1, 0.15) is 0 Å². The maximum absolute atomic E-state index is 3.40. The Bertz CT molecular complexity index is 246. The van der Waals surface area contributed by atoms with Crippen molar-refractivity contribution in [1.82, 2.24) is 15.1 Å². The molecule has 0 radical (unpaired) electrons. The Morgan fingerprint density at radius 2 is 1.67 bits per heavy atom. The third kappa shape index (κ3) is 3.25. The van der Waals surface area contributed by atoms with Gasteiger partial charge in [-0.2, -0.15) is 0 Å². The fraction of sp³-hybridized carbons (Fsp3) is 1.00. The van der Waals surface area contributed by atoms with E-state index in [0.29, 0.717) is 0 Å². The molecule has 1 N–H and O–H groups in total. The van der Waals surface area contributed by atoms with Crippen LogP contribution >= 0.6 is 0 Å². The van der Waals surface area contributed by atoms with E-state index in [0.717, 1.165) is 12.0 Å². The zero-order valence-corrected chi connectivity index (χ0v) is 11.7. The maximum atomic E-state index is 3.40. The standard InChI is InChI=1S/C15H29N3/c1-2-5-14(6-3-1)13-17-7-4-8-18(10-9-17)15-11-16-12-15/h14-16H,1-13H2. The summed E-state index contributed by atoms with van der Waals surface area (Å²) in [6, 6.07) is 0.847. The molecule has 0 unspecified atom stereocenters. The minimum Gasteiger partial charge on any atom is -0.314 e. The second-order valence-electron chi connectivity index (χ2n) is 6.51. The van der Waals surface area contributed by atoms with E-state index >= 15 is 0 Å². The van der Waals surface area contributed by atoms with E-state index < -0.39 is 0 Å². The van der Waals surface area contributed by atoms with Crippen molar-refractivity contribution < 1.29 is 0 Å². The van der Waals surface area contributed by atoms with Gasteiger partial charge in [0.2, 0.25) is 0 Å². The van der Waals surface area contributed by atoms with Crippen molar-refractivity contribution in [3.63, 3.8) is 0 Å². The maximum Gasteiger partial charge on any atom is 0.0345 e. The molecule has 0 aromatic rings. The summed E-state index contributed by atoms with van der Waals surface area (Å²) in [6.45, 7) is 9.12. The quantitative estimate of drug-likeness (QED) is 0.821. The molecule has 18 heavy (non-hydrogen) atoms. The highest BCUT2D eigenvalue weighted by molar-refractivity contribution is 4.86. The van der Waals surface area contributed by atoms with E-state index in [2.05, 4.69) is 15.1 Å². The van der Waals surface area contributed by atoms with Crippen LogP contribution in [0.3, 0.4) is 0 Å². The van der Waals surface area contributed by atoms with Crippen molar-refractivity contribution in [3.05, 3.63) is 0 Å². The summed E-state index contributed by atoms with van der Waals surface area (Å²) >= 11 is 0. The molecule has 104 valence electrons. The van der Waals surface area contributed by atoms with Crippen LogP contribution in [0.15, 0.2) is 0 Å². The highest BCUT2D eigenvalue weighted by Crippen LogP contribution is 2.24. The minimum atomic E-state index is 0.847. The topological polar surface area (TPSA) is 18.5 Å². The number of hydrogen-bond donors (Lipinski definition) is 1. The molecule has 3 aliphatic rings. The normalized spacial score (nSPS) is 30.0. The second-order valence-corrected chi connectivity index (χ2v) is 6.51. The Morgan fingerprint density at radius 3 is 2.39 bits per heavy atom.